The maximum absolute atomic E-state index is 13.3. The number of aryl methyl sites for hydroxylation is 2. The third kappa shape index (κ3) is 8.32. The lowest BCUT2D eigenvalue weighted by Crippen LogP contribution is -2.48. The van der Waals surface area contributed by atoms with Crippen molar-refractivity contribution in [2.45, 2.75) is 45.5 Å². The van der Waals surface area contributed by atoms with Crippen molar-refractivity contribution in [3.8, 4) is 0 Å². The lowest BCUT2D eigenvalue weighted by molar-refractivity contribution is 0.0784. The van der Waals surface area contributed by atoms with E-state index >= 15 is 0 Å². The van der Waals surface area contributed by atoms with Crippen molar-refractivity contribution in [2.75, 3.05) is 13.6 Å². The topological polar surface area (TPSA) is 94.6 Å². The van der Waals surface area contributed by atoms with E-state index in [0.717, 1.165) is 21.8 Å². The average molecular weight is 557 g/mol. The van der Waals surface area contributed by atoms with E-state index in [1.165, 1.54) is 16.9 Å². The first-order valence-electron chi connectivity index (χ1n) is 13.3. The number of aliphatic hydroxyl groups excluding tert-OH is 1. The summed E-state index contributed by atoms with van der Waals surface area (Å²) in [6.45, 7) is 5.29. The van der Waals surface area contributed by atoms with E-state index in [-0.39, 0.29) is 11.8 Å². The Balaban J connectivity index is 1.42. The summed E-state index contributed by atoms with van der Waals surface area (Å²) in [5, 5.41) is 20.3. The molecule has 0 fully saturated rings. The van der Waals surface area contributed by atoms with Gasteiger partial charge in [0, 0.05) is 42.3 Å². The highest BCUT2D eigenvalue weighted by molar-refractivity contribution is 7.09. The van der Waals surface area contributed by atoms with Gasteiger partial charge in [-0.2, -0.15) is 0 Å². The molecular weight excluding hydrogens is 520 g/mol. The van der Waals surface area contributed by atoms with Gasteiger partial charge in [0.1, 0.15) is 5.01 Å². The van der Waals surface area contributed by atoms with Gasteiger partial charge >= 0.3 is 0 Å². The maximum atomic E-state index is 13.3. The molecule has 0 radical (unpaired) electrons. The first-order chi connectivity index (χ1) is 19.3. The van der Waals surface area contributed by atoms with Gasteiger partial charge in [-0.25, -0.2) is 4.98 Å². The highest BCUT2D eigenvalue weighted by atomic mass is 32.1. The maximum Gasteiger partial charge on any atom is 0.253 e. The summed E-state index contributed by atoms with van der Waals surface area (Å²) in [6, 6.07) is 24.1. The number of rotatable bonds is 12. The lowest BCUT2D eigenvalue weighted by atomic mass is 10.00. The van der Waals surface area contributed by atoms with Crippen molar-refractivity contribution < 1.29 is 14.7 Å². The van der Waals surface area contributed by atoms with Gasteiger partial charge < -0.3 is 20.6 Å². The number of thiazole rings is 1. The fourth-order valence-electron chi connectivity index (χ4n) is 4.50. The number of amides is 2. The highest BCUT2D eigenvalue weighted by Crippen LogP contribution is 2.15. The smallest absolute Gasteiger partial charge is 0.253 e. The van der Waals surface area contributed by atoms with Crippen LogP contribution in [0, 0.1) is 13.8 Å². The van der Waals surface area contributed by atoms with E-state index in [1.54, 1.807) is 36.2 Å². The molecular formula is C32H36N4O3S. The predicted octanol–water partition coefficient (Wildman–Crippen LogP) is 4.52. The molecule has 4 rings (SSSR count). The van der Waals surface area contributed by atoms with Crippen LogP contribution in [-0.4, -0.2) is 52.5 Å². The molecule has 1 aromatic heterocycles. The number of carbonyl (C=O) groups is 2. The molecule has 0 aliphatic carbocycles. The number of nitrogens with zero attached hydrogens (tertiary/aromatic N) is 2. The van der Waals surface area contributed by atoms with Crippen molar-refractivity contribution >= 4 is 23.2 Å². The molecule has 0 aliphatic rings. The first kappa shape index (κ1) is 29.1. The quantitative estimate of drug-likeness (QED) is 0.239. The summed E-state index contributed by atoms with van der Waals surface area (Å²) in [5.41, 5.74) is 5.03. The second kappa shape index (κ2) is 14.0. The molecule has 0 unspecified atom stereocenters. The molecule has 0 spiro atoms. The molecule has 1 heterocycles. The summed E-state index contributed by atoms with van der Waals surface area (Å²) in [5.74, 6) is -0.532. The zero-order chi connectivity index (χ0) is 28.5. The lowest BCUT2D eigenvalue weighted by Gasteiger charge is -2.25. The van der Waals surface area contributed by atoms with Crippen LogP contribution in [0.5, 0.6) is 0 Å². The SMILES string of the molecule is Cc1cccc(CNC[C@@H](O)[C@H](Cc2ccccc2)NC(=O)c2cccc(C(=O)N(C)Cc3nc(C)cs3)c2)c1. The van der Waals surface area contributed by atoms with Crippen LogP contribution in [0.15, 0.2) is 84.2 Å². The van der Waals surface area contributed by atoms with Crippen LogP contribution >= 0.6 is 11.3 Å². The Kier molecular flexibility index (Phi) is 10.2. The van der Waals surface area contributed by atoms with Crippen molar-refractivity contribution in [2.24, 2.45) is 0 Å². The van der Waals surface area contributed by atoms with Gasteiger partial charge in [-0.3, -0.25) is 9.59 Å². The Morgan fingerprint density at radius 2 is 1.68 bits per heavy atom. The molecule has 0 bridgehead atoms. The van der Waals surface area contributed by atoms with Crippen molar-refractivity contribution in [1.82, 2.24) is 20.5 Å². The molecule has 3 N–H and O–H groups in total. The standard InChI is InChI=1S/C32H36N4O3S/c1-22-9-7-12-25(15-22)18-33-19-29(37)28(16-24-10-5-4-6-11-24)35-31(38)26-13-8-14-27(17-26)32(39)36(3)20-30-34-23(2)21-40-30/h4-15,17,21,28-29,33,37H,16,18-20H2,1-3H3,(H,35,38)/t28-,29+/m0/s1. The number of benzene rings is 3. The molecule has 0 aliphatic heterocycles. The normalized spacial score (nSPS) is 12.5. The third-order valence-electron chi connectivity index (χ3n) is 6.60. The van der Waals surface area contributed by atoms with E-state index in [1.807, 2.05) is 67.8 Å². The fraction of sp³-hybridized carbons (Fsp3) is 0.281. The highest BCUT2D eigenvalue weighted by Gasteiger charge is 2.23. The summed E-state index contributed by atoms with van der Waals surface area (Å²) in [6.07, 6.45) is -0.360. The molecule has 3 aromatic carbocycles. The summed E-state index contributed by atoms with van der Waals surface area (Å²) < 4.78 is 0. The molecule has 0 saturated heterocycles. The third-order valence-corrected chi connectivity index (χ3v) is 7.55. The van der Waals surface area contributed by atoms with Crippen LogP contribution in [0.3, 0.4) is 0 Å². The van der Waals surface area contributed by atoms with Crippen LogP contribution in [0.25, 0.3) is 0 Å². The van der Waals surface area contributed by atoms with Gasteiger partial charge in [-0.05, 0) is 49.6 Å². The van der Waals surface area contributed by atoms with Gasteiger partial charge in [0.2, 0.25) is 0 Å². The van der Waals surface area contributed by atoms with Crippen molar-refractivity contribution in [1.29, 1.82) is 0 Å². The molecule has 2 amide bonds. The molecule has 208 valence electrons. The fourth-order valence-corrected chi connectivity index (χ4v) is 5.32. The number of hydrogen-bond acceptors (Lipinski definition) is 6. The molecule has 40 heavy (non-hydrogen) atoms. The molecule has 2 atom stereocenters. The predicted molar refractivity (Wildman–Crippen MR) is 159 cm³/mol. The Morgan fingerprint density at radius 3 is 2.40 bits per heavy atom. The Labute approximate surface area is 239 Å². The number of aromatic nitrogens is 1. The monoisotopic (exact) mass is 556 g/mol. The van der Waals surface area contributed by atoms with Crippen LogP contribution < -0.4 is 10.6 Å². The van der Waals surface area contributed by atoms with Crippen LogP contribution in [0.2, 0.25) is 0 Å². The summed E-state index contributed by atoms with van der Waals surface area (Å²) in [7, 11) is 1.72. The van der Waals surface area contributed by atoms with Gasteiger partial charge in [0.25, 0.3) is 11.8 Å². The van der Waals surface area contributed by atoms with E-state index in [2.05, 4.69) is 21.7 Å². The van der Waals surface area contributed by atoms with E-state index in [0.29, 0.717) is 37.2 Å². The minimum Gasteiger partial charge on any atom is -0.390 e. The Bertz CT molecular complexity index is 1420. The number of aliphatic hydroxyl groups is 1. The van der Waals surface area contributed by atoms with E-state index in [4.69, 9.17) is 0 Å². The first-order valence-corrected chi connectivity index (χ1v) is 14.2. The molecule has 4 aromatic rings. The molecule has 0 saturated carbocycles. The zero-order valence-corrected chi connectivity index (χ0v) is 23.9. The van der Waals surface area contributed by atoms with Crippen molar-refractivity contribution in [3.63, 3.8) is 0 Å². The Hall–Kier alpha value is -3.85. The number of nitrogens with one attached hydrogen (secondary N) is 2. The number of carbonyl (C=O) groups excluding carboxylic acids is 2. The van der Waals surface area contributed by atoms with Crippen molar-refractivity contribution in [3.05, 3.63) is 123 Å². The van der Waals surface area contributed by atoms with Gasteiger partial charge in [-0.15, -0.1) is 11.3 Å². The largest absolute Gasteiger partial charge is 0.390 e. The van der Waals surface area contributed by atoms with Gasteiger partial charge in [0.15, 0.2) is 0 Å². The number of hydrogen-bond donors (Lipinski definition) is 3. The Morgan fingerprint density at radius 1 is 0.950 bits per heavy atom. The second-order valence-corrected chi connectivity index (χ2v) is 11.0. The average Bonchev–Trinajstić information content (AvgIpc) is 3.37. The van der Waals surface area contributed by atoms with Crippen LogP contribution in [-0.2, 0) is 19.5 Å². The zero-order valence-electron chi connectivity index (χ0n) is 23.1. The van der Waals surface area contributed by atoms with Crippen LogP contribution in [0.1, 0.15) is 48.1 Å². The second-order valence-electron chi connectivity index (χ2n) is 10.1. The molecule has 8 heteroatoms. The van der Waals surface area contributed by atoms with Crippen LogP contribution in [0.4, 0.5) is 0 Å². The van der Waals surface area contributed by atoms with E-state index in [9.17, 15) is 14.7 Å². The molecule has 7 nitrogen and oxygen atoms in total. The summed E-state index contributed by atoms with van der Waals surface area (Å²) in [4.78, 5) is 32.5. The van der Waals surface area contributed by atoms with E-state index < -0.39 is 12.1 Å². The van der Waals surface area contributed by atoms with Gasteiger partial charge in [0.05, 0.1) is 18.7 Å². The minimum atomic E-state index is -0.827. The minimum absolute atomic E-state index is 0.191. The summed E-state index contributed by atoms with van der Waals surface area (Å²) >= 11 is 1.52. The van der Waals surface area contributed by atoms with Gasteiger partial charge in [-0.1, -0.05) is 66.2 Å².